The van der Waals surface area contributed by atoms with Gasteiger partial charge < -0.3 is 24.4 Å². The molecule has 2 aromatic rings. The number of hydrogen-bond acceptors (Lipinski definition) is 4. The van der Waals surface area contributed by atoms with Crippen LogP contribution in [0.5, 0.6) is 17.2 Å². The molecule has 0 saturated carbocycles. The molecule has 0 unspecified atom stereocenters. The lowest BCUT2D eigenvalue weighted by molar-refractivity contribution is 0.324. The van der Waals surface area contributed by atoms with Crippen molar-refractivity contribution in [2.24, 2.45) is 4.99 Å². The van der Waals surface area contributed by atoms with Crippen LogP contribution in [0.2, 0.25) is 0 Å². The van der Waals surface area contributed by atoms with E-state index in [1.54, 1.807) is 21.3 Å². The summed E-state index contributed by atoms with van der Waals surface area (Å²) in [5.74, 6) is 2.80. The monoisotopic (exact) mass is 383 g/mol. The van der Waals surface area contributed by atoms with E-state index in [2.05, 4.69) is 41.4 Å². The molecule has 0 aliphatic carbocycles. The van der Waals surface area contributed by atoms with E-state index < -0.39 is 0 Å². The van der Waals surface area contributed by atoms with Gasteiger partial charge in [-0.05, 0) is 42.2 Å². The van der Waals surface area contributed by atoms with Gasteiger partial charge in [0.2, 0.25) is 5.75 Å². The molecule has 0 saturated heterocycles. The Morgan fingerprint density at radius 2 is 1.71 bits per heavy atom. The van der Waals surface area contributed by atoms with Gasteiger partial charge in [0.15, 0.2) is 17.5 Å². The summed E-state index contributed by atoms with van der Waals surface area (Å²) in [7, 11) is 4.86. The van der Waals surface area contributed by atoms with Gasteiger partial charge in [-0.1, -0.05) is 24.3 Å². The second-order valence-electron chi connectivity index (χ2n) is 6.64. The van der Waals surface area contributed by atoms with Crippen LogP contribution in [0.3, 0.4) is 0 Å². The van der Waals surface area contributed by atoms with Gasteiger partial charge in [-0.2, -0.15) is 0 Å². The van der Waals surface area contributed by atoms with Crippen molar-refractivity contribution in [1.82, 2.24) is 10.2 Å². The van der Waals surface area contributed by atoms with Gasteiger partial charge in [-0.15, -0.1) is 0 Å². The molecule has 0 aromatic heterocycles. The van der Waals surface area contributed by atoms with Gasteiger partial charge in [0.1, 0.15) is 0 Å². The predicted octanol–water partition coefficient (Wildman–Crippen LogP) is 3.24. The Labute approximate surface area is 167 Å². The number of ether oxygens (including phenoxy) is 3. The number of hydrogen-bond donors (Lipinski definition) is 1. The van der Waals surface area contributed by atoms with Crippen molar-refractivity contribution < 1.29 is 14.2 Å². The number of rotatable bonds is 6. The number of aliphatic imine (C=N–C) groups is 1. The Bertz CT molecular complexity index is 811. The van der Waals surface area contributed by atoms with Crippen LogP contribution in [0.25, 0.3) is 0 Å². The molecular formula is C22H29N3O3. The summed E-state index contributed by atoms with van der Waals surface area (Å²) in [4.78, 5) is 7.18. The Kier molecular flexibility index (Phi) is 6.63. The summed E-state index contributed by atoms with van der Waals surface area (Å²) in [6, 6.07) is 12.5. The highest BCUT2D eigenvalue weighted by atomic mass is 16.5. The normalized spacial score (nSPS) is 13.7. The van der Waals surface area contributed by atoms with E-state index in [0.717, 1.165) is 37.6 Å². The molecule has 28 heavy (non-hydrogen) atoms. The standard InChI is InChI=1S/C22H29N3O3/c1-5-23-22(25-11-10-17-8-6-7-9-18(17)15-25)24-14-16-12-19(26-2)21(28-4)20(13-16)27-3/h6-9,12-13H,5,10-11,14-15H2,1-4H3,(H,23,24). The summed E-state index contributed by atoms with van der Waals surface area (Å²) in [6.45, 7) is 5.27. The summed E-state index contributed by atoms with van der Waals surface area (Å²) in [5.41, 5.74) is 3.80. The molecular weight excluding hydrogens is 354 g/mol. The lowest BCUT2D eigenvalue weighted by atomic mass is 10.0. The number of nitrogens with one attached hydrogen (secondary N) is 1. The minimum atomic E-state index is 0.525. The molecule has 3 rings (SSSR count). The molecule has 6 heteroatoms. The smallest absolute Gasteiger partial charge is 0.203 e. The maximum Gasteiger partial charge on any atom is 0.203 e. The van der Waals surface area contributed by atoms with Crippen molar-refractivity contribution >= 4 is 5.96 Å². The molecule has 0 amide bonds. The quantitative estimate of drug-likeness (QED) is 0.613. The largest absolute Gasteiger partial charge is 0.493 e. The van der Waals surface area contributed by atoms with E-state index in [9.17, 15) is 0 Å². The van der Waals surface area contributed by atoms with Gasteiger partial charge in [0.05, 0.1) is 27.9 Å². The van der Waals surface area contributed by atoms with E-state index in [4.69, 9.17) is 19.2 Å². The van der Waals surface area contributed by atoms with Gasteiger partial charge >= 0.3 is 0 Å². The second kappa shape index (κ2) is 9.35. The first-order valence-electron chi connectivity index (χ1n) is 9.59. The molecule has 150 valence electrons. The van der Waals surface area contributed by atoms with Crippen LogP contribution in [0, 0.1) is 0 Å². The van der Waals surface area contributed by atoms with Crippen LogP contribution < -0.4 is 19.5 Å². The zero-order valence-electron chi connectivity index (χ0n) is 17.1. The third-order valence-corrected chi connectivity index (χ3v) is 4.90. The molecule has 2 aromatic carbocycles. The van der Waals surface area contributed by atoms with Crippen LogP contribution in [-0.4, -0.2) is 45.3 Å². The first-order chi connectivity index (χ1) is 13.7. The van der Waals surface area contributed by atoms with Crippen LogP contribution in [0.4, 0.5) is 0 Å². The van der Waals surface area contributed by atoms with Crippen molar-refractivity contribution in [3.63, 3.8) is 0 Å². The average molecular weight is 383 g/mol. The van der Waals surface area contributed by atoms with Crippen molar-refractivity contribution in [3.8, 4) is 17.2 Å². The fourth-order valence-electron chi connectivity index (χ4n) is 3.50. The van der Waals surface area contributed by atoms with E-state index in [-0.39, 0.29) is 0 Å². The molecule has 1 aliphatic rings. The number of guanidine groups is 1. The number of fused-ring (bicyclic) bond motifs is 1. The summed E-state index contributed by atoms with van der Waals surface area (Å²) >= 11 is 0. The first kappa shape index (κ1) is 19.9. The molecule has 0 radical (unpaired) electrons. The van der Waals surface area contributed by atoms with Crippen molar-refractivity contribution in [2.75, 3.05) is 34.4 Å². The van der Waals surface area contributed by atoms with E-state index >= 15 is 0 Å². The molecule has 1 aliphatic heterocycles. The fourth-order valence-corrected chi connectivity index (χ4v) is 3.50. The van der Waals surface area contributed by atoms with Crippen LogP contribution >= 0.6 is 0 Å². The van der Waals surface area contributed by atoms with Gasteiger partial charge in [0, 0.05) is 19.6 Å². The Morgan fingerprint density at radius 3 is 2.32 bits per heavy atom. The Balaban J connectivity index is 1.82. The van der Waals surface area contributed by atoms with Gasteiger partial charge in [0.25, 0.3) is 0 Å². The number of nitrogens with zero attached hydrogens (tertiary/aromatic N) is 2. The minimum Gasteiger partial charge on any atom is -0.493 e. The zero-order chi connectivity index (χ0) is 19.9. The van der Waals surface area contributed by atoms with Crippen LogP contribution in [0.1, 0.15) is 23.6 Å². The van der Waals surface area contributed by atoms with Crippen LogP contribution in [-0.2, 0) is 19.5 Å². The molecule has 0 atom stereocenters. The Morgan fingerprint density at radius 1 is 1.04 bits per heavy atom. The number of benzene rings is 2. The zero-order valence-corrected chi connectivity index (χ0v) is 17.1. The maximum absolute atomic E-state index is 5.45. The lowest BCUT2D eigenvalue weighted by Crippen LogP contribution is -2.44. The second-order valence-corrected chi connectivity index (χ2v) is 6.64. The fraction of sp³-hybridized carbons (Fsp3) is 0.409. The predicted molar refractivity (Wildman–Crippen MR) is 111 cm³/mol. The SMILES string of the molecule is CCNC(=NCc1cc(OC)c(OC)c(OC)c1)N1CCc2ccccc2C1. The summed E-state index contributed by atoms with van der Waals surface area (Å²) < 4.78 is 16.3. The summed E-state index contributed by atoms with van der Waals surface area (Å²) in [6.07, 6.45) is 1.03. The van der Waals surface area contributed by atoms with Gasteiger partial charge in [-0.25, -0.2) is 4.99 Å². The highest BCUT2D eigenvalue weighted by molar-refractivity contribution is 5.80. The first-order valence-corrected chi connectivity index (χ1v) is 9.59. The Hall–Kier alpha value is -2.89. The topological polar surface area (TPSA) is 55.3 Å². The van der Waals surface area contributed by atoms with Gasteiger partial charge in [-0.3, -0.25) is 0 Å². The van der Waals surface area contributed by atoms with Crippen molar-refractivity contribution in [3.05, 3.63) is 53.1 Å². The van der Waals surface area contributed by atoms with E-state index in [0.29, 0.717) is 23.8 Å². The van der Waals surface area contributed by atoms with Crippen LogP contribution in [0.15, 0.2) is 41.4 Å². The highest BCUT2D eigenvalue weighted by Crippen LogP contribution is 2.38. The van der Waals surface area contributed by atoms with Crippen molar-refractivity contribution in [1.29, 1.82) is 0 Å². The number of methoxy groups -OCH3 is 3. The molecule has 1 N–H and O–H groups in total. The summed E-state index contributed by atoms with van der Waals surface area (Å²) in [5, 5.41) is 3.42. The molecule has 0 fully saturated rings. The van der Waals surface area contributed by atoms with E-state index in [1.165, 1.54) is 11.1 Å². The third-order valence-electron chi connectivity index (χ3n) is 4.90. The molecule has 6 nitrogen and oxygen atoms in total. The lowest BCUT2D eigenvalue weighted by Gasteiger charge is -2.31. The maximum atomic E-state index is 5.45. The molecule has 0 bridgehead atoms. The van der Waals surface area contributed by atoms with E-state index in [1.807, 2.05) is 12.1 Å². The minimum absolute atomic E-state index is 0.525. The average Bonchev–Trinajstić information content (AvgIpc) is 2.75. The third kappa shape index (κ3) is 4.32. The van der Waals surface area contributed by atoms with Crippen molar-refractivity contribution in [2.45, 2.75) is 26.4 Å². The molecule has 1 heterocycles. The highest BCUT2D eigenvalue weighted by Gasteiger charge is 2.19. The molecule has 0 spiro atoms.